The predicted octanol–water partition coefficient (Wildman–Crippen LogP) is 3.65. The van der Waals surface area contributed by atoms with Gasteiger partial charge < -0.3 is 9.84 Å². The molecule has 7 nitrogen and oxygen atoms in total. The van der Waals surface area contributed by atoms with E-state index in [9.17, 15) is 13.2 Å². The van der Waals surface area contributed by atoms with Crippen molar-refractivity contribution in [3.8, 4) is 0 Å². The van der Waals surface area contributed by atoms with Gasteiger partial charge in [-0.1, -0.05) is 23.4 Å². The van der Waals surface area contributed by atoms with Crippen molar-refractivity contribution in [3.05, 3.63) is 71.1 Å². The van der Waals surface area contributed by atoms with Gasteiger partial charge in [0.2, 0.25) is 5.76 Å². The molecule has 0 aliphatic carbocycles. The molecule has 1 heterocycles. The minimum atomic E-state index is -3.82. The number of carbonyl (C=O) groups excluding carboxylic acids is 1. The number of nitrogens with zero attached hydrogens (tertiary/aromatic N) is 1. The molecule has 27 heavy (non-hydrogen) atoms. The molecule has 0 aliphatic rings. The molecule has 2 aromatic carbocycles. The maximum absolute atomic E-state index is 12.8. The van der Waals surface area contributed by atoms with Gasteiger partial charge in [0.1, 0.15) is 0 Å². The second-order valence-electron chi connectivity index (χ2n) is 6.24. The van der Waals surface area contributed by atoms with Gasteiger partial charge in [0.15, 0.2) is 0 Å². The number of rotatable bonds is 5. The molecule has 0 atom stereocenters. The predicted molar refractivity (Wildman–Crippen MR) is 102 cm³/mol. The van der Waals surface area contributed by atoms with Gasteiger partial charge in [-0.3, -0.25) is 9.52 Å². The van der Waals surface area contributed by atoms with Gasteiger partial charge in [0.05, 0.1) is 10.6 Å². The Morgan fingerprint density at radius 2 is 1.78 bits per heavy atom. The molecule has 0 radical (unpaired) electrons. The second kappa shape index (κ2) is 7.24. The monoisotopic (exact) mass is 385 g/mol. The van der Waals surface area contributed by atoms with E-state index in [2.05, 4.69) is 15.2 Å². The van der Waals surface area contributed by atoms with Crippen molar-refractivity contribution < 1.29 is 17.7 Å². The minimum Gasteiger partial charge on any atom is -0.351 e. The summed E-state index contributed by atoms with van der Waals surface area (Å²) in [6, 6.07) is 13.2. The molecule has 0 aliphatic heterocycles. The maximum Gasteiger partial charge on any atom is 0.294 e. The van der Waals surface area contributed by atoms with Crippen LogP contribution in [0.15, 0.2) is 57.9 Å². The number of hydrogen-bond acceptors (Lipinski definition) is 5. The van der Waals surface area contributed by atoms with E-state index in [0.29, 0.717) is 22.6 Å². The third-order valence-electron chi connectivity index (χ3n) is 3.86. The topological polar surface area (TPSA) is 101 Å². The number of amides is 1. The van der Waals surface area contributed by atoms with Crippen molar-refractivity contribution in [2.45, 2.75) is 25.7 Å². The van der Waals surface area contributed by atoms with E-state index >= 15 is 0 Å². The Morgan fingerprint density at radius 1 is 1.00 bits per heavy atom. The summed E-state index contributed by atoms with van der Waals surface area (Å²) in [6.45, 7) is 5.27. The van der Waals surface area contributed by atoms with Crippen LogP contribution in [0.2, 0.25) is 0 Å². The molecule has 0 fully saturated rings. The van der Waals surface area contributed by atoms with E-state index in [1.165, 1.54) is 12.1 Å². The Balaban J connectivity index is 1.87. The number of benzene rings is 2. The van der Waals surface area contributed by atoms with Crippen LogP contribution in [0.5, 0.6) is 0 Å². The molecule has 140 valence electrons. The fourth-order valence-electron chi connectivity index (χ4n) is 2.55. The second-order valence-corrected chi connectivity index (χ2v) is 7.89. The minimum absolute atomic E-state index is 0.0513. The van der Waals surface area contributed by atoms with Gasteiger partial charge in [-0.15, -0.1) is 0 Å². The first-order chi connectivity index (χ1) is 12.7. The SMILES string of the molecule is Cc1cccc(NS(=O)(=O)c2cc(NC(=O)c3cc(C)no3)ccc2C)c1. The third kappa shape index (κ3) is 4.35. The van der Waals surface area contributed by atoms with Crippen LogP contribution in [0.3, 0.4) is 0 Å². The maximum atomic E-state index is 12.8. The molecular formula is C19H19N3O4S. The van der Waals surface area contributed by atoms with E-state index in [-0.39, 0.29) is 10.7 Å². The number of hydrogen-bond donors (Lipinski definition) is 2. The zero-order chi connectivity index (χ0) is 19.6. The highest BCUT2D eigenvalue weighted by Crippen LogP contribution is 2.24. The first-order valence-electron chi connectivity index (χ1n) is 8.19. The van der Waals surface area contributed by atoms with Crippen LogP contribution in [0, 0.1) is 20.8 Å². The van der Waals surface area contributed by atoms with Crippen LogP contribution in [0.25, 0.3) is 0 Å². The fraction of sp³-hybridized carbons (Fsp3) is 0.158. The number of carbonyl (C=O) groups is 1. The lowest BCUT2D eigenvalue weighted by atomic mass is 10.2. The molecule has 3 aromatic rings. The third-order valence-corrected chi connectivity index (χ3v) is 5.38. The first kappa shape index (κ1) is 18.7. The van der Waals surface area contributed by atoms with Crippen LogP contribution in [0.1, 0.15) is 27.4 Å². The lowest BCUT2D eigenvalue weighted by Crippen LogP contribution is -2.16. The van der Waals surface area contributed by atoms with Crippen LogP contribution in [0.4, 0.5) is 11.4 Å². The molecule has 0 saturated heterocycles. The van der Waals surface area contributed by atoms with Crippen molar-refractivity contribution in [2.24, 2.45) is 0 Å². The summed E-state index contributed by atoms with van der Waals surface area (Å²) >= 11 is 0. The van der Waals surface area contributed by atoms with Gasteiger partial charge >= 0.3 is 0 Å². The van der Waals surface area contributed by atoms with Gasteiger partial charge in [-0.05, 0) is 56.2 Å². The van der Waals surface area contributed by atoms with Crippen LogP contribution in [-0.4, -0.2) is 19.5 Å². The summed E-state index contributed by atoms with van der Waals surface area (Å²) in [5, 5.41) is 6.28. The summed E-state index contributed by atoms with van der Waals surface area (Å²) in [5.74, 6) is -0.454. The van der Waals surface area contributed by atoms with Crippen molar-refractivity contribution in [1.82, 2.24) is 5.16 Å². The lowest BCUT2D eigenvalue weighted by Gasteiger charge is -2.12. The Morgan fingerprint density at radius 3 is 2.44 bits per heavy atom. The van der Waals surface area contributed by atoms with Gasteiger partial charge in [0.25, 0.3) is 15.9 Å². The molecule has 0 saturated carbocycles. The van der Waals surface area contributed by atoms with E-state index in [4.69, 9.17) is 4.52 Å². The van der Waals surface area contributed by atoms with E-state index < -0.39 is 15.9 Å². The number of aromatic nitrogens is 1. The van der Waals surface area contributed by atoms with Crippen molar-refractivity contribution >= 4 is 27.3 Å². The molecule has 2 N–H and O–H groups in total. The Labute approximate surface area is 157 Å². The molecule has 8 heteroatoms. The summed E-state index contributed by atoms with van der Waals surface area (Å²) in [7, 11) is -3.82. The Kier molecular flexibility index (Phi) is 5.00. The van der Waals surface area contributed by atoms with Crippen molar-refractivity contribution in [2.75, 3.05) is 10.0 Å². The molecule has 0 bridgehead atoms. The summed E-state index contributed by atoms with van der Waals surface area (Å²) in [6.07, 6.45) is 0. The first-order valence-corrected chi connectivity index (χ1v) is 9.68. The summed E-state index contributed by atoms with van der Waals surface area (Å²) < 4.78 is 33.1. The van der Waals surface area contributed by atoms with Gasteiger partial charge in [-0.25, -0.2) is 8.42 Å². The largest absolute Gasteiger partial charge is 0.351 e. The lowest BCUT2D eigenvalue weighted by molar-refractivity contribution is 0.0988. The number of sulfonamides is 1. The van der Waals surface area contributed by atoms with Crippen LogP contribution < -0.4 is 10.0 Å². The highest BCUT2D eigenvalue weighted by molar-refractivity contribution is 7.92. The zero-order valence-corrected chi connectivity index (χ0v) is 15.9. The highest BCUT2D eigenvalue weighted by atomic mass is 32.2. The van der Waals surface area contributed by atoms with Crippen molar-refractivity contribution in [1.29, 1.82) is 0 Å². The van der Waals surface area contributed by atoms with E-state index in [1.807, 2.05) is 13.0 Å². The number of nitrogens with one attached hydrogen (secondary N) is 2. The van der Waals surface area contributed by atoms with Crippen LogP contribution >= 0.6 is 0 Å². The average Bonchev–Trinajstić information content (AvgIpc) is 3.02. The Bertz CT molecular complexity index is 1100. The summed E-state index contributed by atoms with van der Waals surface area (Å²) in [5.41, 5.74) is 2.89. The Hall–Kier alpha value is -3.13. The normalized spacial score (nSPS) is 11.2. The smallest absolute Gasteiger partial charge is 0.294 e. The van der Waals surface area contributed by atoms with E-state index in [0.717, 1.165) is 5.56 Å². The number of anilines is 2. The standard InChI is InChI=1S/C19H19N3O4S/c1-12-5-4-6-16(9-12)22-27(24,25)18-11-15(8-7-13(18)2)20-19(23)17-10-14(3)21-26-17/h4-11,22H,1-3H3,(H,20,23). The fourth-order valence-corrected chi connectivity index (χ4v) is 3.87. The van der Waals surface area contributed by atoms with Crippen LogP contribution in [-0.2, 0) is 10.0 Å². The van der Waals surface area contributed by atoms with Gasteiger partial charge in [0, 0.05) is 17.4 Å². The van der Waals surface area contributed by atoms with Gasteiger partial charge in [-0.2, -0.15) is 0 Å². The van der Waals surface area contributed by atoms with Crippen molar-refractivity contribution in [3.63, 3.8) is 0 Å². The van der Waals surface area contributed by atoms with E-state index in [1.54, 1.807) is 44.2 Å². The molecule has 1 aromatic heterocycles. The average molecular weight is 385 g/mol. The number of aryl methyl sites for hydroxylation is 3. The molecule has 1 amide bonds. The molecule has 0 spiro atoms. The molecule has 0 unspecified atom stereocenters. The highest BCUT2D eigenvalue weighted by Gasteiger charge is 2.19. The quantitative estimate of drug-likeness (QED) is 0.698. The zero-order valence-electron chi connectivity index (χ0n) is 15.1. The molecule has 3 rings (SSSR count). The molecular weight excluding hydrogens is 366 g/mol. The summed E-state index contributed by atoms with van der Waals surface area (Å²) in [4.78, 5) is 12.3.